The van der Waals surface area contributed by atoms with E-state index in [9.17, 15) is 4.79 Å². The van der Waals surface area contributed by atoms with Crippen LogP contribution in [0.4, 0.5) is 0 Å². The van der Waals surface area contributed by atoms with Gasteiger partial charge in [0.2, 0.25) is 12.1 Å². The number of hydrogen-bond donors (Lipinski definition) is 2. The van der Waals surface area contributed by atoms with Crippen molar-refractivity contribution in [2.75, 3.05) is 6.54 Å². The zero-order chi connectivity index (χ0) is 12.8. The van der Waals surface area contributed by atoms with Gasteiger partial charge in [-0.15, -0.1) is 0 Å². The van der Waals surface area contributed by atoms with E-state index in [1.54, 1.807) is 0 Å². The maximum absolute atomic E-state index is 11.7. The molecule has 0 aliphatic carbocycles. The van der Waals surface area contributed by atoms with Crippen molar-refractivity contribution in [3.63, 3.8) is 0 Å². The third kappa shape index (κ3) is 2.75. The lowest BCUT2D eigenvalue weighted by Gasteiger charge is -2.02. The Morgan fingerprint density at radius 3 is 2.83 bits per heavy atom. The van der Waals surface area contributed by atoms with E-state index in [2.05, 4.69) is 20.1 Å². The van der Waals surface area contributed by atoms with Gasteiger partial charge in [-0.05, 0) is 22.5 Å². The van der Waals surface area contributed by atoms with Crippen molar-refractivity contribution in [3.8, 4) is 0 Å². The van der Waals surface area contributed by atoms with Crippen molar-refractivity contribution in [1.82, 2.24) is 5.32 Å². The number of benzene rings is 1. The van der Waals surface area contributed by atoms with Gasteiger partial charge in [-0.1, -0.05) is 35.1 Å². The van der Waals surface area contributed by atoms with Crippen LogP contribution in [0, 0.1) is 5.53 Å². The first kappa shape index (κ1) is 11.9. The van der Waals surface area contributed by atoms with Gasteiger partial charge in [-0.2, -0.15) is 4.99 Å². The zero-order valence-electron chi connectivity index (χ0n) is 9.63. The molecule has 1 aromatic rings. The second kappa shape index (κ2) is 5.65. The van der Waals surface area contributed by atoms with Crippen molar-refractivity contribution in [2.45, 2.75) is 6.42 Å². The Morgan fingerprint density at radius 2 is 2.11 bits per heavy atom. The monoisotopic (exact) mass is 242 g/mol. The van der Waals surface area contributed by atoms with Gasteiger partial charge in [0.25, 0.3) is 5.91 Å². The fraction of sp³-hybridized carbons (Fsp3) is 0.167. The molecular weight excluding hydrogens is 230 g/mol. The predicted molar refractivity (Wildman–Crippen MR) is 67.1 cm³/mol. The molecule has 0 radical (unpaired) electrons. The van der Waals surface area contributed by atoms with Gasteiger partial charge in [0.15, 0.2) is 0 Å². The fourth-order valence-corrected chi connectivity index (χ4v) is 1.55. The normalized spacial score (nSPS) is 13.1. The Bertz CT molecular complexity index is 555. The molecule has 0 bridgehead atoms. The Kier molecular flexibility index (Phi) is 3.73. The second-order valence-electron chi connectivity index (χ2n) is 3.65. The topological polar surface area (TPSA) is 91.8 Å². The summed E-state index contributed by atoms with van der Waals surface area (Å²) >= 11 is 0. The van der Waals surface area contributed by atoms with Crippen LogP contribution in [-0.2, 0) is 11.2 Å². The standard InChI is InChI=1S/C12H11N5O/c13-17-11-10(15-8-16-11)12(18)14-7-6-9-4-2-1-3-5-9/h1-5,8,13H,6-7H2/p+1. The smallest absolute Gasteiger partial charge is 0.350 e. The van der Waals surface area contributed by atoms with Crippen molar-refractivity contribution in [2.24, 2.45) is 9.98 Å². The lowest BCUT2D eigenvalue weighted by atomic mass is 10.1. The molecular formula is C12H12N5O+. The molecule has 1 aliphatic rings. The summed E-state index contributed by atoms with van der Waals surface area (Å²) in [7, 11) is 0. The van der Waals surface area contributed by atoms with Gasteiger partial charge in [-0.25, -0.2) is 0 Å². The number of carbonyl (C=O) groups excluding carboxylic acids is 1. The third-order valence-electron chi connectivity index (χ3n) is 2.44. The van der Waals surface area contributed by atoms with E-state index in [1.807, 2.05) is 30.3 Å². The summed E-state index contributed by atoms with van der Waals surface area (Å²) in [6, 6.07) is 9.86. The lowest BCUT2D eigenvalue weighted by molar-refractivity contribution is -0.120. The van der Waals surface area contributed by atoms with Gasteiger partial charge in [0, 0.05) is 6.54 Å². The zero-order valence-corrected chi connectivity index (χ0v) is 9.63. The minimum Gasteiger partial charge on any atom is -0.350 e. The van der Waals surface area contributed by atoms with Crippen LogP contribution < -0.4 is 5.32 Å². The summed E-state index contributed by atoms with van der Waals surface area (Å²) in [5.74, 6) is -0.304. The van der Waals surface area contributed by atoms with Gasteiger partial charge < -0.3 is 5.32 Å². The molecule has 0 atom stereocenters. The molecule has 0 fully saturated rings. The molecule has 6 nitrogen and oxygen atoms in total. The Labute approximate surface area is 104 Å². The van der Waals surface area contributed by atoms with E-state index in [-0.39, 0.29) is 17.5 Å². The Balaban J connectivity index is 1.85. The first-order valence-corrected chi connectivity index (χ1v) is 5.48. The molecule has 1 heterocycles. The van der Waals surface area contributed by atoms with Crippen LogP contribution >= 0.6 is 0 Å². The van der Waals surface area contributed by atoms with Crippen LogP contribution in [0.15, 0.2) is 40.3 Å². The summed E-state index contributed by atoms with van der Waals surface area (Å²) < 4.78 is 0. The fourth-order valence-electron chi connectivity index (χ4n) is 1.55. The minimum absolute atomic E-state index is 0.0483. The number of hydrogen-bond acceptors (Lipinski definition) is 3. The largest absolute Gasteiger partial charge is 0.478 e. The average Bonchev–Trinajstić information content (AvgIpc) is 2.88. The van der Waals surface area contributed by atoms with Crippen molar-refractivity contribution in [1.29, 1.82) is 5.53 Å². The first-order chi connectivity index (χ1) is 8.81. The maximum atomic E-state index is 11.7. The molecule has 90 valence electrons. The highest BCUT2D eigenvalue weighted by Crippen LogP contribution is 1.98. The van der Waals surface area contributed by atoms with Crippen LogP contribution in [0.1, 0.15) is 5.56 Å². The van der Waals surface area contributed by atoms with Crippen LogP contribution in [0.2, 0.25) is 0 Å². The molecule has 0 saturated heterocycles. The van der Waals surface area contributed by atoms with E-state index in [4.69, 9.17) is 5.53 Å². The summed E-state index contributed by atoms with van der Waals surface area (Å²) in [5.41, 5.74) is 8.09. The van der Waals surface area contributed by atoms with Crippen molar-refractivity contribution < 1.29 is 9.58 Å². The van der Waals surface area contributed by atoms with E-state index in [1.165, 1.54) is 6.34 Å². The maximum Gasteiger partial charge on any atom is 0.478 e. The van der Waals surface area contributed by atoms with Gasteiger partial charge in [-0.3, -0.25) is 4.79 Å². The average molecular weight is 242 g/mol. The van der Waals surface area contributed by atoms with Crippen LogP contribution in [0.5, 0.6) is 0 Å². The molecule has 0 aromatic heterocycles. The highest BCUT2D eigenvalue weighted by molar-refractivity contribution is 6.67. The number of aliphatic imine (C=N–C) groups is 2. The van der Waals surface area contributed by atoms with E-state index in [0.717, 1.165) is 12.0 Å². The number of rotatable bonds is 4. The third-order valence-corrected chi connectivity index (χ3v) is 2.44. The molecule has 18 heavy (non-hydrogen) atoms. The summed E-state index contributed by atoms with van der Waals surface area (Å²) in [4.78, 5) is 22.3. The lowest BCUT2D eigenvalue weighted by Crippen LogP contribution is -2.35. The van der Waals surface area contributed by atoms with Crippen molar-refractivity contribution >= 4 is 23.8 Å². The summed E-state index contributed by atoms with van der Waals surface area (Å²) in [5, 5.41) is 2.72. The molecule has 1 amide bonds. The van der Waals surface area contributed by atoms with Crippen molar-refractivity contribution in [3.05, 3.63) is 35.9 Å². The Hall–Kier alpha value is -2.59. The quantitative estimate of drug-likeness (QED) is 0.583. The highest BCUT2D eigenvalue weighted by atomic mass is 16.1. The Morgan fingerprint density at radius 1 is 1.33 bits per heavy atom. The second-order valence-corrected chi connectivity index (χ2v) is 3.65. The van der Waals surface area contributed by atoms with Crippen LogP contribution in [0.25, 0.3) is 0 Å². The predicted octanol–water partition coefficient (Wildman–Crippen LogP) is 0.466. The molecule has 0 spiro atoms. The molecule has 1 aliphatic heterocycles. The summed E-state index contributed by atoms with van der Waals surface area (Å²) in [6.07, 6.45) is 1.97. The molecule has 2 rings (SSSR count). The first-order valence-electron chi connectivity index (χ1n) is 5.48. The molecule has 0 saturated carbocycles. The molecule has 1 aromatic carbocycles. The minimum atomic E-state index is -0.352. The van der Waals surface area contributed by atoms with E-state index >= 15 is 0 Å². The molecule has 0 unspecified atom stereocenters. The van der Waals surface area contributed by atoms with Crippen LogP contribution in [-0.4, -0.2) is 35.1 Å². The molecule has 2 N–H and O–H groups in total. The van der Waals surface area contributed by atoms with Gasteiger partial charge >= 0.3 is 5.84 Å². The van der Waals surface area contributed by atoms with E-state index in [0.29, 0.717) is 6.54 Å². The van der Waals surface area contributed by atoms with Gasteiger partial charge in [0.05, 0.1) is 0 Å². The number of amidine groups is 1. The number of nitrogens with zero attached hydrogens (tertiary/aromatic N) is 3. The number of carbonyl (C=O) groups is 1. The number of nitrogens with one attached hydrogen (secondary N) is 2. The van der Waals surface area contributed by atoms with E-state index < -0.39 is 0 Å². The summed E-state index contributed by atoms with van der Waals surface area (Å²) in [6.45, 7) is 0.507. The van der Waals surface area contributed by atoms with Crippen LogP contribution in [0.3, 0.4) is 0 Å². The number of amides is 1. The van der Waals surface area contributed by atoms with Gasteiger partial charge in [0.1, 0.15) is 0 Å². The SMILES string of the molecule is N=[N+]=C1N=CN=C1C(=O)NCCc1ccccc1. The molecule has 6 heteroatoms. The highest BCUT2D eigenvalue weighted by Gasteiger charge is 2.30.